The third-order valence-electron chi connectivity index (χ3n) is 3.23. The van der Waals surface area contributed by atoms with Crippen molar-refractivity contribution in [3.63, 3.8) is 0 Å². The van der Waals surface area contributed by atoms with Gasteiger partial charge in [-0.25, -0.2) is 13.1 Å². The maximum absolute atomic E-state index is 11.9. The van der Waals surface area contributed by atoms with E-state index in [4.69, 9.17) is 15.4 Å². The molecule has 2 rings (SSSR count). The third kappa shape index (κ3) is 2.91. The van der Waals surface area contributed by atoms with Crippen LogP contribution in [0, 0.1) is 0 Å². The molecular formula is C14H17ClN2O3S. The second kappa shape index (κ2) is 6.07. The number of rotatable bonds is 5. The highest BCUT2D eigenvalue weighted by molar-refractivity contribution is 8.13. The zero-order valence-corrected chi connectivity index (χ0v) is 13.7. The fourth-order valence-electron chi connectivity index (χ4n) is 2.32. The minimum Gasteiger partial charge on any atom is -0.494 e. The number of hydrogen-bond acceptors (Lipinski definition) is 4. The number of methoxy groups -OCH3 is 1. The number of aryl methyl sites for hydroxylation is 1. The topological polar surface area (TPSA) is 61.2 Å². The van der Waals surface area contributed by atoms with Crippen LogP contribution in [0.4, 0.5) is 0 Å². The van der Waals surface area contributed by atoms with E-state index in [0.29, 0.717) is 35.7 Å². The molecule has 0 atom stereocenters. The van der Waals surface area contributed by atoms with Crippen LogP contribution in [0.3, 0.4) is 0 Å². The number of ether oxygens (including phenoxy) is 1. The molecule has 0 aliphatic carbocycles. The molecule has 0 spiro atoms. The molecule has 0 radical (unpaired) electrons. The van der Waals surface area contributed by atoms with Crippen molar-refractivity contribution in [2.75, 3.05) is 7.11 Å². The van der Waals surface area contributed by atoms with E-state index in [1.165, 1.54) is 0 Å². The first-order valence-electron chi connectivity index (χ1n) is 6.62. The van der Waals surface area contributed by atoms with Crippen LogP contribution < -0.4 is 4.74 Å². The van der Waals surface area contributed by atoms with E-state index < -0.39 is 9.05 Å². The van der Waals surface area contributed by atoms with Crippen molar-refractivity contribution < 1.29 is 13.2 Å². The first-order chi connectivity index (χ1) is 9.93. The summed E-state index contributed by atoms with van der Waals surface area (Å²) in [6.45, 7) is 3.72. The van der Waals surface area contributed by atoms with E-state index in [1.54, 1.807) is 17.9 Å². The molecule has 0 saturated carbocycles. The Morgan fingerprint density at radius 1 is 1.24 bits per heavy atom. The molecule has 0 fully saturated rings. The van der Waals surface area contributed by atoms with Crippen LogP contribution in [-0.4, -0.2) is 25.3 Å². The van der Waals surface area contributed by atoms with Crippen LogP contribution in [-0.2, 0) is 21.9 Å². The smallest absolute Gasteiger partial charge is 0.265 e. The minimum absolute atomic E-state index is 0.111. The van der Waals surface area contributed by atoms with Gasteiger partial charge >= 0.3 is 0 Å². The predicted molar refractivity (Wildman–Crippen MR) is 81.9 cm³/mol. The van der Waals surface area contributed by atoms with Crippen molar-refractivity contribution in [1.29, 1.82) is 0 Å². The lowest BCUT2D eigenvalue weighted by atomic mass is 10.2. The minimum atomic E-state index is -3.85. The summed E-state index contributed by atoms with van der Waals surface area (Å²) >= 11 is 0. The highest BCUT2D eigenvalue weighted by Gasteiger charge is 2.26. The van der Waals surface area contributed by atoms with E-state index in [9.17, 15) is 8.42 Å². The second-order valence-corrected chi connectivity index (χ2v) is 6.95. The summed E-state index contributed by atoms with van der Waals surface area (Å²) in [6.07, 6.45) is 0.975. The highest BCUT2D eigenvalue weighted by atomic mass is 35.7. The monoisotopic (exact) mass is 328 g/mol. The Morgan fingerprint density at radius 3 is 2.43 bits per heavy atom. The Kier molecular flexibility index (Phi) is 4.58. The molecule has 5 nitrogen and oxygen atoms in total. The molecule has 0 aliphatic rings. The van der Waals surface area contributed by atoms with E-state index in [2.05, 4.69) is 5.10 Å². The van der Waals surface area contributed by atoms with E-state index in [0.717, 1.165) is 0 Å². The van der Waals surface area contributed by atoms with Gasteiger partial charge in [0.05, 0.1) is 18.5 Å². The maximum Gasteiger partial charge on any atom is 0.265 e. The number of benzene rings is 1. The molecule has 0 N–H and O–H groups in total. The summed E-state index contributed by atoms with van der Waals surface area (Å²) in [4.78, 5) is 0.111. The molecule has 114 valence electrons. The van der Waals surface area contributed by atoms with Crippen molar-refractivity contribution in [3.05, 3.63) is 35.7 Å². The lowest BCUT2D eigenvalue weighted by Crippen LogP contribution is -2.05. The van der Waals surface area contributed by atoms with Crippen molar-refractivity contribution in [1.82, 2.24) is 9.78 Å². The van der Waals surface area contributed by atoms with Gasteiger partial charge in [0.1, 0.15) is 16.3 Å². The zero-order valence-electron chi connectivity index (χ0n) is 12.1. The molecule has 1 aromatic carbocycles. The van der Waals surface area contributed by atoms with Gasteiger partial charge in [-0.15, -0.1) is 0 Å². The Balaban J connectivity index is 2.79. The molecule has 21 heavy (non-hydrogen) atoms. The van der Waals surface area contributed by atoms with E-state index in [-0.39, 0.29) is 4.90 Å². The van der Waals surface area contributed by atoms with Gasteiger partial charge in [0, 0.05) is 10.7 Å². The van der Waals surface area contributed by atoms with Crippen LogP contribution in [0.15, 0.2) is 29.2 Å². The first-order valence-corrected chi connectivity index (χ1v) is 8.93. The van der Waals surface area contributed by atoms with E-state index >= 15 is 0 Å². The molecule has 1 heterocycles. The average Bonchev–Trinajstić information content (AvgIpc) is 2.85. The molecule has 0 amide bonds. The quantitative estimate of drug-likeness (QED) is 0.792. The van der Waals surface area contributed by atoms with Crippen LogP contribution in [0.5, 0.6) is 5.75 Å². The number of hydrogen-bond donors (Lipinski definition) is 0. The van der Waals surface area contributed by atoms with Crippen molar-refractivity contribution in [2.24, 2.45) is 0 Å². The molecule has 0 saturated heterocycles. The van der Waals surface area contributed by atoms with Gasteiger partial charge in [-0.1, -0.05) is 26.0 Å². The maximum atomic E-state index is 11.9. The van der Waals surface area contributed by atoms with E-state index in [1.807, 2.05) is 32.0 Å². The van der Waals surface area contributed by atoms with Crippen LogP contribution in [0.2, 0.25) is 0 Å². The van der Waals surface area contributed by atoms with Gasteiger partial charge in [0.15, 0.2) is 0 Å². The molecule has 0 unspecified atom stereocenters. The molecular weight excluding hydrogens is 312 g/mol. The number of para-hydroxylation sites is 2. The van der Waals surface area contributed by atoms with Gasteiger partial charge < -0.3 is 4.74 Å². The molecule has 1 aromatic heterocycles. The molecule has 0 bridgehead atoms. The summed E-state index contributed by atoms with van der Waals surface area (Å²) in [7, 11) is 3.30. The summed E-state index contributed by atoms with van der Waals surface area (Å²) in [5.41, 5.74) is 1.72. The zero-order chi connectivity index (χ0) is 15.6. The summed E-state index contributed by atoms with van der Waals surface area (Å²) < 4.78 is 30.7. The summed E-state index contributed by atoms with van der Waals surface area (Å²) in [6, 6.07) is 7.32. The SMILES string of the molecule is CCc1nn(-c2ccccc2OC)c(CC)c1S(=O)(=O)Cl. The fourth-order valence-corrected chi connectivity index (χ4v) is 3.83. The predicted octanol–water partition coefficient (Wildman–Crippen LogP) is 2.93. The first kappa shape index (κ1) is 15.9. The van der Waals surface area contributed by atoms with Gasteiger partial charge in [0.2, 0.25) is 0 Å². The lowest BCUT2D eigenvalue weighted by molar-refractivity contribution is 0.411. The van der Waals surface area contributed by atoms with Crippen LogP contribution in [0.1, 0.15) is 25.2 Å². The van der Waals surface area contributed by atoms with Gasteiger partial charge in [-0.2, -0.15) is 5.10 Å². The number of nitrogens with zero attached hydrogens (tertiary/aromatic N) is 2. The number of aromatic nitrogens is 2. The van der Waals surface area contributed by atoms with Gasteiger partial charge in [0.25, 0.3) is 9.05 Å². The average molecular weight is 329 g/mol. The second-order valence-electron chi connectivity index (χ2n) is 4.45. The fraction of sp³-hybridized carbons (Fsp3) is 0.357. The van der Waals surface area contributed by atoms with Crippen molar-refractivity contribution in [2.45, 2.75) is 31.6 Å². The third-order valence-corrected chi connectivity index (χ3v) is 4.65. The Bertz CT molecular complexity index is 754. The molecule has 2 aromatic rings. The normalized spacial score (nSPS) is 11.6. The Morgan fingerprint density at radius 2 is 1.90 bits per heavy atom. The van der Waals surface area contributed by atoms with Gasteiger partial charge in [-0.05, 0) is 25.0 Å². The lowest BCUT2D eigenvalue weighted by Gasteiger charge is -2.11. The highest BCUT2D eigenvalue weighted by Crippen LogP contribution is 2.30. The largest absolute Gasteiger partial charge is 0.494 e. The molecule has 7 heteroatoms. The summed E-state index contributed by atoms with van der Waals surface area (Å²) in [5, 5.41) is 4.42. The van der Waals surface area contributed by atoms with Crippen LogP contribution >= 0.6 is 10.7 Å². The van der Waals surface area contributed by atoms with Crippen molar-refractivity contribution in [3.8, 4) is 11.4 Å². The standard InChI is InChI=1S/C14H17ClN2O3S/c1-4-10-14(21(15,18)19)11(5-2)17(16-10)12-8-6-7-9-13(12)20-3/h6-9H,4-5H2,1-3H3. The summed E-state index contributed by atoms with van der Waals surface area (Å²) in [5.74, 6) is 0.621. The Hall–Kier alpha value is -1.53. The molecule has 0 aliphatic heterocycles. The van der Waals surface area contributed by atoms with Crippen molar-refractivity contribution >= 4 is 19.7 Å². The number of halogens is 1. The van der Waals surface area contributed by atoms with Gasteiger partial charge in [-0.3, -0.25) is 0 Å². The van der Waals surface area contributed by atoms with Crippen LogP contribution in [0.25, 0.3) is 5.69 Å². The Labute approximate surface area is 128 Å².